The molecule has 0 bridgehead atoms. The van der Waals surface area contributed by atoms with Crippen molar-refractivity contribution in [2.24, 2.45) is 0 Å². The highest BCUT2D eigenvalue weighted by molar-refractivity contribution is 7.15. The van der Waals surface area contributed by atoms with Crippen LogP contribution in [0.2, 0.25) is 0 Å². The van der Waals surface area contributed by atoms with Crippen molar-refractivity contribution in [3.8, 4) is 10.7 Å². The summed E-state index contributed by atoms with van der Waals surface area (Å²) in [6.45, 7) is 10.6. The maximum absolute atomic E-state index is 4.80. The fourth-order valence-corrected chi connectivity index (χ4v) is 3.54. The summed E-state index contributed by atoms with van der Waals surface area (Å²) < 4.78 is 0. The molecule has 0 saturated heterocycles. The maximum Gasteiger partial charge on any atom is 0.143 e. The smallest absolute Gasteiger partial charge is 0.143 e. The maximum atomic E-state index is 4.80. The van der Waals surface area contributed by atoms with Gasteiger partial charge >= 0.3 is 0 Å². The highest BCUT2D eigenvalue weighted by atomic mass is 32.1. The van der Waals surface area contributed by atoms with Gasteiger partial charge in [0.2, 0.25) is 0 Å². The van der Waals surface area contributed by atoms with Gasteiger partial charge in [0.25, 0.3) is 0 Å². The molecule has 2 aromatic heterocycles. The molecular weight excluding hydrogens is 262 g/mol. The lowest BCUT2D eigenvalue weighted by Gasteiger charge is -2.17. The molecule has 0 spiro atoms. The average Bonchev–Trinajstić information content (AvgIpc) is 2.93. The first-order valence-corrected chi connectivity index (χ1v) is 7.87. The topological polar surface area (TPSA) is 37.8 Å². The number of aromatic nitrogens is 2. The summed E-state index contributed by atoms with van der Waals surface area (Å²) in [6.07, 6.45) is 0. The number of rotatable bonds is 4. The molecule has 2 aromatic rings. The van der Waals surface area contributed by atoms with Gasteiger partial charge in [-0.05, 0) is 6.54 Å². The van der Waals surface area contributed by atoms with Crippen molar-refractivity contribution in [2.45, 2.75) is 39.7 Å². The third-order valence-electron chi connectivity index (χ3n) is 2.59. The second kappa shape index (κ2) is 5.47. The Morgan fingerprint density at radius 3 is 2.67 bits per heavy atom. The van der Waals surface area contributed by atoms with Crippen molar-refractivity contribution in [3.05, 3.63) is 21.5 Å². The molecule has 1 N–H and O–H groups in total. The zero-order valence-corrected chi connectivity index (χ0v) is 12.9. The standard InChI is InChI=1S/C13H19N3S2/c1-5-14-6-10-11(13(2,3)4)16-12(18-10)9-7-17-8-15-9/h7-8,14H,5-6H2,1-4H3. The molecule has 0 aliphatic heterocycles. The predicted octanol–water partition coefficient (Wildman–Crippen LogP) is 3.67. The Kier molecular flexibility index (Phi) is 4.14. The highest BCUT2D eigenvalue weighted by Gasteiger charge is 2.23. The van der Waals surface area contributed by atoms with E-state index < -0.39 is 0 Å². The van der Waals surface area contributed by atoms with Crippen LogP contribution in [0.3, 0.4) is 0 Å². The third kappa shape index (κ3) is 2.96. The van der Waals surface area contributed by atoms with Gasteiger partial charge in [0.15, 0.2) is 0 Å². The molecule has 0 aromatic carbocycles. The van der Waals surface area contributed by atoms with Crippen LogP contribution in [0.5, 0.6) is 0 Å². The molecule has 0 amide bonds. The Hall–Kier alpha value is -0.780. The van der Waals surface area contributed by atoms with Crippen molar-refractivity contribution >= 4 is 22.7 Å². The number of hydrogen-bond acceptors (Lipinski definition) is 5. The molecule has 2 heterocycles. The van der Waals surface area contributed by atoms with Gasteiger partial charge in [-0.2, -0.15) is 0 Å². The first-order valence-electron chi connectivity index (χ1n) is 6.12. The van der Waals surface area contributed by atoms with Crippen molar-refractivity contribution in [1.82, 2.24) is 15.3 Å². The molecule has 5 heteroatoms. The van der Waals surface area contributed by atoms with E-state index in [1.807, 2.05) is 5.51 Å². The summed E-state index contributed by atoms with van der Waals surface area (Å²) >= 11 is 3.37. The molecule has 0 unspecified atom stereocenters. The van der Waals surface area contributed by atoms with Crippen molar-refractivity contribution in [3.63, 3.8) is 0 Å². The Morgan fingerprint density at radius 1 is 1.33 bits per heavy atom. The number of hydrogen-bond donors (Lipinski definition) is 1. The monoisotopic (exact) mass is 281 g/mol. The van der Waals surface area contributed by atoms with E-state index >= 15 is 0 Å². The summed E-state index contributed by atoms with van der Waals surface area (Å²) in [5.74, 6) is 0. The van der Waals surface area contributed by atoms with Gasteiger partial charge in [-0.3, -0.25) is 0 Å². The first kappa shape index (κ1) is 13.6. The lowest BCUT2D eigenvalue weighted by molar-refractivity contribution is 0.561. The Morgan fingerprint density at radius 2 is 2.11 bits per heavy atom. The second-order valence-corrected chi connectivity index (χ2v) is 7.00. The number of thiazole rings is 2. The minimum Gasteiger partial charge on any atom is -0.312 e. The van der Waals surface area contributed by atoms with Crippen molar-refractivity contribution in [1.29, 1.82) is 0 Å². The molecule has 0 aliphatic rings. The molecule has 0 radical (unpaired) electrons. The lowest BCUT2D eigenvalue weighted by atomic mass is 9.91. The molecule has 0 atom stereocenters. The van der Waals surface area contributed by atoms with E-state index in [0.29, 0.717) is 0 Å². The molecule has 98 valence electrons. The molecule has 0 fully saturated rings. The molecule has 2 rings (SSSR count). The van der Waals surface area contributed by atoms with E-state index in [2.05, 4.69) is 43.4 Å². The molecule has 0 saturated carbocycles. The van der Waals surface area contributed by atoms with Gasteiger partial charge in [0.1, 0.15) is 10.7 Å². The van der Waals surface area contributed by atoms with Gasteiger partial charge in [-0.1, -0.05) is 27.7 Å². The fourth-order valence-electron chi connectivity index (χ4n) is 1.72. The van der Waals surface area contributed by atoms with E-state index in [0.717, 1.165) is 23.8 Å². The normalized spacial score (nSPS) is 12.0. The summed E-state index contributed by atoms with van der Waals surface area (Å²) in [4.78, 5) is 10.5. The molecule has 0 aliphatic carbocycles. The third-order valence-corrected chi connectivity index (χ3v) is 4.26. The summed E-state index contributed by atoms with van der Waals surface area (Å²) in [5, 5.41) is 6.48. The second-order valence-electron chi connectivity index (χ2n) is 5.19. The van der Waals surface area contributed by atoms with Gasteiger partial charge in [-0.15, -0.1) is 22.7 Å². The van der Waals surface area contributed by atoms with Gasteiger partial charge in [0.05, 0.1) is 11.2 Å². The van der Waals surface area contributed by atoms with Crippen LogP contribution in [0.1, 0.15) is 38.3 Å². The van der Waals surface area contributed by atoms with E-state index in [1.54, 1.807) is 22.7 Å². The largest absolute Gasteiger partial charge is 0.312 e. The minimum absolute atomic E-state index is 0.0789. The highest BCUT2D eigenvalue weighted by Crippen LogP contribution is 2.34. The fraction of sp³-hybridized carbons (Fsp3) is 0.538. The average molecular weight is 281 g/mol. The Bertz CT molecular complexity index is 495. The summed E-state index contributed by atoms with van der Waals surface area (Å²) in [7, 11) is 0. The van der Waals surface area contributed by atoms with Gasteiger partial charge < -0.3 is 5.32 Å². The zero-order chi connectivity index (χ0) is 13.2. The van der Waals surface area contributed by atoms with Gasteiger partial charge in [-0.25, -0.2) is 9.97 Å². The van der Waals surface area contributed by atoms with Crippen LogP contribution in [-0.2, 0) is 12.0 Å². The number of nitrogens with zero attached hydrogens (tertiary/aromatic N) is 2. The van der Waals surface area contributed by atoms with Crippen LogP contribution in [0.4, 0.5) is 0 Å². The minimum atomic E-state index is 0.0789. The SMILES string of the molecule is CCNCc1sc(-c2cscn2)nc1C(C)(C)C. The van der Waals surface area contributed by atoms with Crippen LogP contribution in [0, 0.1) is 0 Å². The van der Waals surface area contributed by atoms with Crippen LogP contribution in [0.25, 0.3) is 10.7 Å². The first-order chi connectivity index (χ1) is 8.52. The van der Waals surface area contributed by atoms with Crippen molar-refractivity contribution in [2.75, 3.05) is 6.54 Å². The summed E-state index contributed by atoms with van der Waals surface area (Å²) in [6, 6.07) is 0. The molecule has 3 nitrogen and oxygen atoms in total. The molecular formula is C13H19N3S2. The van der Waals surface area contributed by atoms with Crippen LogP contribution >= 0.6 is 22.7 Å². The Labute approximate surface area is 116 Å². The van der Waals surface area contributed by atoms with E-state index in [1.165, 1.54) is 10.6 Å². The zero-order valence-electron chi connectivity index (χ0n) is 11.3. The Balaban J connectivity index is 2.38. The van der Waals surface area contributed by atoms with E-state index in [9.17, 15) is 0 Å². The quantitative estimate of drug-likeness (QED) is 0.929. The van der Waals surface area contributed by atoms with Gasteiger partial charge in [0, 0.05) is 22.2 Å². The van der Waals surface area contributed by atoms with Crippen LogP contribution in [0.15, 0.2) is 10.9 Å². The summed E-state index contributed by atoms with van der Waals surface area (Å²) in [5.41, 5.74) is 4.13. The van der Waals surface area contributed by atoms with Crippen molar-refractivity contribution < 1.29 is 0 Å². The van der Waals surface area contributed by atoms with Crippen LogP contribution in [-0.4, -0.2) is 16.5 Å². The van der Waals surface area contributed by atoms with E-state index in [4.69, 9.17) is 4.98 Å². The number of nitrogens with one attached hydrogen (secondary N) is 1. The predicted molar refractivity (Wildman–Crippen MR) is 79.3 cm³/mol. The molecule has 18 heavy (non-hydrogen) atoms. The lowest BCUT2D eigenvalue weighted by Crippen LogP contribution is -2.18. The van der Waals surface area contributed by atoms with E-state index in [-0.39, 0.29) is 5.41 Å². The van der Waals surface area contributed by atoms with Crippen LogP contribution < -0.4 is 5.32 Å².